The number of nitrogens with one attached hydrogen (secondary N) is 1. The van der Waals surface area contributed by atoms with Crippen LogP contribution in [0.15, 0.2) is 0 Å². The summed E-state index contributed by atoms with van der Waals surface area (Å²) in [5, 5.41) is 2.76. The summed E-state index contributed by atoms with van der Waals surface area (Å²) in [6.45, 7) is 1.49. The van der Waals surface area contributed by atoms with Gasteiger partial charge in [-0.15, -0.1) is 0 Å². The second-order valence-corrected chi connectivity index (χ2v) is 2.55. The lowest BCUT2D eigenvalue weighted by Crippen LogP contribution is -2.18. The second kappa shape index (κ2) is 1.70. The highest BCUT2D eigenvalue weighted by molar-refractivity contribution is 5.81. The van der Waals surface area contributed by atoms with Gasteiger partial charge in [-0.3, -0.25) is 4.79 Å². The maximum atomic E-state index is 10.9. The van der Waals surface area contributed by atoms with Crippen molar-refractivity contribution in [2.24, 2.45) is 5.92 Å². The topological polar surface area (TPSA) is 38.3 Å². The zero-order valence-electron chi connectivity index (χ0n) is 5.09. The molecule has 0 aromatic rings. The van der Waals surface area contributed by atoms with Crippen molar-refractivity contribution in [1.29, 1.82) is 0 Å². The molecule has 0 radical (unpaired) electrons. The summed E-state index contributed by atoms with van der Waals surface area (Å²) in [5.74, 6) is 0.350. The van der Waals surface area contributed by atoms with Crippen molar-refractivity contribution >= 4 is 5.91 Å². The molecular formula is C6H9NO2. The molecule has 2 fully saturated rings. The molecule has 50 valence electrons. The van der Waals surface area contributed by atoms with Crippen LogP contribution in [0.1, 0.15) is 6.42 Å². The first-order valence-corrected chi connectivity index (χ1v) is 3.27. The van der Waals surface area contributed by atoms with Crippen molar-refractivity contribution in [2.75, 3.05) is 13.2 Å². The standard InChI is InChI=1S/C6H9NO2/c8-6-4-1-2-9-5(4)3-7-6/h4-5H,1-3H2,(H,7,8)/t4-,5+/m0/s1. The Balaban J connectivity index is 2.15. The summed E-state index contributed by atoms with van der Waals surface area (Å²) in [7, 11) is 0. The lowest BCUT2D eigenvalue weighted by molar-refractivity contribution is -0.122. The van der Waals surface area contributed by atoms with Gasteiger partial charge >= 0.3 is 0 Å². The minimum atomic E-state index is 0.171. The zero-order valence-corrected chi connectivity index (χ0v) is 5.09. The van der Waals surface area contributed by atoms with Crippen molar-refractivity contribution in [3.8, 4) is 0 Å². The molecular weight excluding hydrogens is 118 g/mol. The monoisotopic (exact) mass is 127 g/mol. The smallest absolute Gasteiger partial charge is 0.225 e. The molecule has 3 heteroatoms. The summed E-state index contributed by atoms with van der Waals surface area (Å²) in [4.78, 5) is 10.9. The minimum Gasteiger partial charge on any atom is -0.376 e. The molecule has 2 rings (SSSR count). The first-order valence-electron chi connectivity index (χ1n) is 3.27. The third kappa shape index (κ3) is 0.645. The Morgan fingerprint density at radius 2 is 2.56 bits per heavy atom. The number of hydrogen-bond donors (Lipinski definition) is 1. The second-order valence-electron chi connectivity index (χ2n) is 2.55. The fourth-order valence-corrected chi connectivity index (χ4v) is 1.48. The van der Waals surface area contributed by atoms with Crippen LogP contribution in [0.2, 0.25) is 0 Å². The summed E-state index contributed by atoms with van der Waals surface area (Å²) in [6.07, 6.45) is 1.11. The number of ether oxygens (including phenoxy) is 1. The van der Waals surface area contributed by atoms with Crippen LogP contribution >= 0.6 is 0 Å². The Hall–Kier alpha value is -0.570. The van der Waals surface area contributed by atoms with Gasteiger partial charge in [-0.1, -0.05) is 0 Å². The molecule has 2 heterocycles. The van der Waals surface area contributed by atoms with E-state index in [1.807, 2.05) is 0 Å². The fraction of sp³-hybridized carbons (Fsp3) is 0.833. The summed E-state index contributed by atoms with van der Waals surface area (Å²) < 4.78 is 5.26. The molecule has 0 saturated carbocycles. The number of fused-ring (bicyclic) bond motifs is 1. The van der Waals surface area contributed by atoms with Gasteiger partial charge in [0.1, 0.15) is 0 Å². The van der Waals surface area contributed by atoms with Crippen molar-refractivity contribution in [3.05, 3.63) is 0 Å². The van der Waals surface area contributed by atoms with Crippen molar-refractivity contribution in [1.82, 2.24) is 5.32 Å². The molecule has 9 heavy (non-hydrogen) atoms. The number of carbonyl (C=O) groups excluding carboxylic acids is 1. The molecule has 3 nitrogen and oxygen atoms in total. The van der Waals surface area contributed by atoms with Gasteiger partial charge in [-0.05, 0) is 6.42 Å². The third-order valence-electron chi connectivity index (χ3n) is 2.02. The average Bonchev–Trinajstić information content (AvgIpc) is 2.35. The summed E-state index contributed by atoms with van der Waals surface area (Å²) >= 11 is 0. The molecule has 0 aromatic heterocycles. The van der Waals surface area contributed by atoms with Gasteiger partial charge in [0, 0.05) is 13.2 Å². The summed E-state index contributed by atoms with van der Waals surface area (Å²) in [5.41, 5.74) is 0. The fourth-order valence-electron chi connectivity index (χ4n) is 1.48. The van der Waals surface area contributed by atoms with Gasteiger partial charge in [0.15, 0.2) is 0 Å². The van der Waals surface area contributed by atoms with Crippen LogP contribution in [0, 0.1) is 5.92 Å². The molecule has 2 saturated heterocycles. The quantitative estimate of drug-likeness (QED) is 0.477. The highest BCUT2D eigenvalue weighted by atomic mass is 16.5. The van der Waals surface area contributed by atoms with E-state index in [4.69, 9.17) is 4.74 Å². The van der Waals surface area contributed by atoms with E-state index in [1.54, 1.807) is 0 Å². The zero-order chi connectivity index (χ0) is 6.27. The lowest BCUT2D eigenvalue weighted by atomic mass is 10.1. The molecule has 0 spiro atoms. The Morgan fingerprint density at radius 3 is 3.33 bits per heavy atom. The highest BCUT2D eigenvalue weighted by Gasteiger charge is 2.38. The average molecular weight is 127 g/mol. The molecule has 0 aliphatic carbocycles. The van der Waals surface area contributed by atoms with E-state index in [1.165, 1.54) is 0 Å². The van der Waals surface area contributed by atoms with Crippen molar-refractivity contribution in [3.63, 3.8) is 0 Å². The summed E-state index contributed by atoms with van der Waals surface area (Å²) in [6, 6.07) is 0. The van der Waals surface area contributed by atoms with Crippen LogP contribution in [0.3, 0.4) is 0 Å². The van der Waals surface area contributed by atoms with E-state index in [0.29, 0.717) is 0 Å². The molecule has 2 atom stereocenters. The van der Waals surface area contributed by atoms with Gasteiger partial charge in [-0.25, -0.2) is 0 Å². The molecule has 0 aromatic carbocycles. The molecule has 2 aliphatic heterocycles. The first-order chi connectivity index (χ1) is 4.38. The van der Waals surface area contributed by atoms with E-state index < -0.39 is 0 Å². The van der Waals surface area contributed by atoms with Crippen molar-refractivity contribution < 1.29 is 9.53 Å². The Bertz CT molecular complexity index is 146. The van der Waals surface area contributed by atoms with Gasteiger partial charge < -0.3 is 10.1 Å². The van der Waals surface area contributed by atoms with Gasteiger partial charge in [0.2, 0.25) is 5.91 Å². The van der Waals surface area contributed by atoms with E-state index in [0.717, 1.165) is 19.6 Å². The number of carbonyl (C=O) groups is 1. The first kappa shape index (κ1) is 5.23. The van der Waals surface area contributed by atoms with E-state index in [9.17, 15) is 4.79 Å². The largest absolute Gasteiger partial charge is 0.376 e. The Morgan fingerprint density at radius 1 is 1.67 bits per heavy atom. The molecule has 2 aliphatic rings. The van der Waals surface area contributed by atoms with Gasteiger partial charge in [0.25, 0.3) is 0 Å². The third-order valence-corrected chi connectivity index (χ3v) is 2.02. The number of rotatable bonds is 0. The van der Waals surface area contributed by atoms with E-state index in [-0.39, 0.29) is 17.9 Å². The van der Waals surface area contributed by atoms with Gasteiger partial charge in [-0.2, -0.15) is 0 Å². The Kier molecular flexibility index (Phi) is 0.990. The maximum absolute atomic E-state index is 10.9. The Labute approximate surface area is 53.4 Å². The molecule has 1 amide bonds. The predicted octanol–water partition coefficient (Wildman–Crippen LogP) is -0.479. The van der Waals surface area contributed by atoms with Crippen LogP contribution in [0.4, 0.5) is 0 Å². The molecule has 0 unspecified atom stereocenters. The number of amides is 1. The van der Waals surface area contributed by atoms with Gasteiger partial charge in [0.05, 0.1) is 12.0 Å². The maximum Gasteiger partial charge on any atom is 0.225 e. The predicted molar refractivity (Wildman–Crippen MR) is 30.9 cm³/mol. The van der Waals surface area contributed by atoms with Crippen LogP contribution in [-0.4, -0.2) is 25.2 Å². The molecule has 1 N–H and O–H groups in total. The van der Waals surface area contributed by atoms with E-state index >= 15 is 0 Å². The normalized spacial score (nSPS) is 40.7. The van der Waals surface area contributed by atoms with Crippen LogP contribution in [0.5, 0.6) is 0 Å². The van der Waals surface area contributed by atoms with E-state index in [2.05, 4.69) is 5.32 Å². The molecule has 0 bridgehead atoms. The van der Waals surface area contributed by atoms with Crippen LogP contribution in [0.25, 0.3) is 0 Å². The van der Waals surface area contributed by atoms with Crippen molar-refractivity contribution in [2.45, 2.75) is 12.5 Å². The van der Waals surface area contributed by atoms with Crippen LogP contribution in [-0.2, 0) is 9.53 Å². The minimum absolute atomic E-state index is 0.171. The lowest BCUT2D eigenvalue weighted by Gasteiger charge is -2.00. The number of hydrogen-bond acceptors (Lipinski definition) is 2. The highest BCUT2D eigenvalue weighted by Crippen LogP contribution is 2.24. The SMILES string of the molecule is O=C1NC[C@H]2OCC[C@H]12. The van der Waals surface area contributed by atoms with Crippen LogP contribution < -0.4 is 5.32 Å².